The normalized spacial score (nSPS) is 13.8. The van der Waals surface area contributed by atoms with E-state index in [4.69, 9.17) is 21.1 Å². The molecule has 0 radical (unpaired) electrons. The van der Waals surface area contributed by atoms with Gasteiger partial charge in [-0.05, 0) is 35.9 Å². The zero-order chi connectivity index (χ0) is 16.4. The lowest BCUT2D eigenvalue weighted by molar-refractivity contribution is 0.171. The first-order chi connectivity index (χ1) is 11.0. The van der Waals surface area contributed by atoms with Crippen LogP contribution in [0.15, 0.2) is 41.3 Å². The largest absolute Gasteiger partial charge is 0.486 e. The molecule has 23 heavy (non-hydrogen) atoms. The Morgan fingerprint density at radius 2 is 1.83 bits per heavy atom. The van der Waals surface area contributed by atoms with Gasteiger partial charge in [-0.2, -0.15) is 0 Å². The van der Waals surface area contributed by atoms with Crippen LogP contribution in [0, 0.1) is 5.82 Å². The molecular weight excluding hydrogens is 345 g/mol. The van der Waals surface area contributed by atoms with Crippen LogP contribution in [-0.4, -0.2) is 21.6 Å². The van der Waals surface area contributed by atoms with Gasteiger partial charge in [0.2, 0.25) is 10.0 Å². The van der Waals surface area contributed by atoms with Crippen LogP contribution < -0.4 is 14.2 Å². The Hall–Kier alpha value is -1.83. The Bertz CT molecular complexity index is 841. The van der Waals surface area contributed by atoms with Gasteiger partial charge in [-0.15, -0.1) is 0 Å². The number of benzene rings is 2. The van der Waals surface area contributed by atoms with Crippen LogP contribution in [0.2, 0.25) is 5.02 Å². The molecular formula is C15H13ClFNO4S. The van der Waals surface area contributed by atoms with Crippen LogP contribution in [0.4, 0.5) is 4.39 Å². The maximum absolute atomic E-state index is 13.1. The fourth-order valence-electron chi connectivity index (χ4n) is 2.10. The van der Waals surface area contributed by atoms with Gasteiger partial charge in [0.1, 0.15) is 19.0 Å². The summed E-state index contributed by atoms with van der Waals surface area (Å²) < 4.78 is 50.8. The topological polar surface area (TPSA) is 64.6 Å². The second-order valence-electron chi connectivity index (χ2n) is 4.88. The molecule has 1 aliphatic rings. The Morgan fingerprint density at radius 1 is 1.09 bits per heavy atom. The van der Waals surface area contributed by atoms with Crippen molar-refractivity contribution >= 4 is 21.6 Å². The first-order valence-corrected chi connectivity index (χ1v) is 8.65. The number of fused-ring (bicyclic) bond motifs is 1. The monoisotopic (exact) mass is 357 g/mol. The molecule has 0 saturated carbocycles. The third-order valence-electron chi connectivity index (χ3n) is 3.27. The second-order valence-corrected chi connectivity index (χ2v) is 7.05. The molecule has 0 aromatic heterocycles. The number of sulfonamides is 1. The molecule has 0 bridgehead atoms. The summed E-state index contributed by atoms with van der Waals surface area (Å²) in [5, 5.41) is -0.243. The van der Waals surface area contributed by atoms with Crippen molar-refractivity contribution in [3.05, 3.63) is 52.8 Å². The van der Waals surface area contributed by atoms with Gasteiger partial charge in [-0.3, -0.25) is 0 Å². The minimum Gasteiger partial charge on any atom is -0.486 e. The molecule has 0 unspecified atom stereocenters. The van der Waals surface area contributed by atoms with Gasteiger partial charge in [-0.25, -0.2) is 17.5 Å². The first kappa shape index (κ1) is 16.0. The third-order valence-corrected chi connectivity index (χ3v) is 4.96. The first-order valence-electron chi connectivity index (χ1n) is 6.79. The minimum absolute atomic E-state index is 0.0635. The van der Waals surface area contributed by atoms with Gasteiger partial charge >= 0.3 is 0 Å². The van der Waals surface area contributed by atoms with Gasteiger partial charge in [0, 0.05) is 6.54 Å². The Balaban J connectivity index is 1.75. The number of hydrogen-bond donors (Lipinski definition) is 1. The number of halogens is 2. The molecule has 3 rings (SSSR count). The summed E-state index contributed by atoms with van der Waals surface area (Å²) >= 11 is 5.62. The number of rotatable bonds is 4. The van der Waals surface area contributed by atoms with E-state index < -0.39 is 15.8 Å². The smallest absolute Gasteiger partial charge is 0.240 e. The Kier molecular flexibility index (Phi) is 4.43. The highest BCUT2D eigenvalue weighted by Gasteiger charge is 2.17. The van der Waals surface area contributed by atoms with E-state index in [1.165, 1.54) is 0 Å². The summed E-state index contributed by atoms with van der Waals surface area (Å²) in [6.07, 6.45) is 0. The Labute approximate surface area is 138 Å². The van der Waals surface area contributed by atoms with Crippen molar-refractivity contribution in [3.63, 3.8) is 0 Å². The van der Waals surface area contributed by atoms with Crippen molar-refractivity contribution in [3.8, 4) is 11.5 Å². The van der Waals surface area contributed by atoms with Crippen LogP contribution >= 0.6 is 11.6 Å². The SMILES string of the molecule is O=S(=O)(NCc1ccc2c(c1)OCCO2)c1ccc(F)c(Cl)c1. The maximum Gasteiger partial charge on any atom is 0.240 e. The van der Waals surface area contributed by atoms with Crippen LogP contribution in [0.1, 0.15) is 5.56 Å². The van der Waals surface area contributed by atoms with Crippen LogP contribution in [0.25, 0.3) is 0 Å². The number of ether oxygens (including phenoxy) is 2. The third kappa shape index (κ3) is 3.57. The average molecular weight is 358 g/mol. The fraction of sp³-hybridized carbons (Fsp3) is 0.200. The van der Waals surface area contributed by atoms with Crippen molar-refractivity contribution in [1.29, 1.82) is 0 Å². The predicted octanol–water partition coefficient (Wildman–Crippen LogP) is 2.73. The van der Waals surface area contributed by atoms with Gasteiger partial charge in [0.15, 0.2) is 11.5 Å². The quantitative estimate of drug-likeness (QED) is 0.913. The zero-order valence-corrected chi connectivity index (χ0v) is 13.5. The highest BCUT2D eigenvalue weighted by atomic mass is 35.5. The second kappa shape index (κ2) is 6.35. The summed E-state index contributed by atoms with van der Waals surface area (Å²) in [5.74, 6) is 0.545. The summed E-state index contributed by atoms with van der Waals surface area (Å²) in [6, 6.07) is 8.44. The Morgan fingerprint density at radius 3 is 2.57 bits per heavy atom. The lowest BCUT2D eigenvalue weighted by Gasteiger charge is -2.19. The van der Waals surface area contributed by atoms with Crippen molar-refractivity contribution in [1.82, 2.24) is 4.72 Å². The molecule has 5 nitrogen and oxygen atoms in total. The van der Waals surface area contributed by atoms with Crippen LogP contribution in [0.5, 0.6) is 11.5 Å². The van der Waals surface area contributed by atoms with E-state index in [0.29, 0.717) is 30.3 Å². The van der Waals surface area contributed by atoms with Crippen molar-refractivity contribution in [2.24, 2.45) is 0 Å². The lowest BCUT2D eigenvalue weighted by Crippen LogP contribution is -2.23. The van der Waals surface area contributed by atoms with Gasteiger partial charge in [0.05, 0.1) is 9.92 Å². The van der Waals surface area contributed by atoms with Gasteiger partial charge in [0.25, 0.3) is 0 Å². The summed E-state index contributed by atoms with van der Waals surface area (Å²) in [6.45, 7) is 1.01. The maximum atomic E-state index is 13.1. The molecule has 1 heterocycles. The molecule has 1 N–H and O–H groups in total. The van der Waals surface area contributed by atoms with Crippen molar-refractivity contribution in [2.75, 3.05) is 13.2 Å². The van der Waals surface area contributed by atoms with E-state index in [1.807, 2.05) is 0 Å². The summed E-state index contributed by atoms with van der Waals surface area (Å²) in [5.41, 5.74) is 0.714. The minimum atomic E-state index is -3.79. The van der Waals surface area contributed by atoms with E-state index in [-0.39, 0.29) is 16.5 Å². The van der Waals surface area contributed by atoms with E-state index in [9.17, 15) is 12.8 Å². The van der Waals surface area contributed by atoms with Gasteiger partial charge < -0.3 is 9.47 Å². The van der Waals surface area contributed by atoms with E-state index in [1.54, 1.807) is 18.2 Å². The van der Waals surface area contributed by atoms with Gasteiger partial charge in [-0.1, -0.05) is 17.7 Å². The zero-order valence-electron chi connectivity index (χ0n) is 11.9. The predicted molar refractivity (Wildman–Crippen MR) is 82.9 cm³/mol. The molecule has 1 aliphatic heterocycles. The van der Waals surface area contributed by atoms with Crippen molar-refractivity contribution in [2.45, 2.75) is 11.4 Å². The molecule has 8 heteroatoms. The fourth-order valence-corrected chi connectivity index (χ4v) is 3.39. The van der Waals surface area contributed by atoms with Crippen LogP contribution in [-0.2, 0) is 16.6 Å². The summed E-state index contributed by atoms with van der Waals surface area (Å²) in [7, 11) is -3.79. The number of nitrogens with one attached hydrogen (secondary N) is 1. The molecule has 2 aromatic rings. The van der Waals surface area contributed by atoms with Crippen molar-refractivity contribution < 1.29 is 22.3 Å². The van der Waals surface area contributed by atoms with E-state index in [0.717, 1.165) is 18.2 Å². The highest BCUT2D eigenvalue weighted by Crippen LogP contribution is 2.30. The van der Waals surface area contributed by atoms with Crippen LogP contribution in [0.3, 0.4) is 0 Å². The molecule has 0 amide bonds. The molecule has 0 atom stereocenters. The molecule has 122 valence electrons. The molecule has 0 fully saturated rings. The summed E-state index contributed by atoms with van der Waals surface area (Å²) in [4.78, 5) is -0.0959. The highest BCUT2D eigenvalue weighted by molar-refractivity contribution is 7.89. The van der Waals surface area contributed by atoms with E-state index in [2.05, 4.69) is 4.72 Å². The standard InChI is InChI=1S/C15H13ClFNO4S/c16-12-8-11(2-3-13(12)17)23(19,20)18-9-10-1-4-14-15(7-10)22-6-5-21-14/h1-4,7-8,18H,5-6,9H2. The molecule has 0 saturated heterocycles. The number of hydrogen-bond acceptors (Lipinski definition) is 4. The molecule has 2 aromatic carbocycles. The average Bonchev–Trinajstić information content (AvgIpc) is 2.55. The van der Waals surface area contributed by atoms with E-state index >= 15 is 0 Å². The lowest BCUT2D eigenvalue weighted by atomic mass is 10.2. The molecule has 0 aliphatic carbocycles. The molecule has 0 spiro atoms.